The Morgan fingerprint density at radius 1 is 1.02 bits per heavy atom. The van der Waals surface area contributed by atoms with Crippen molar-refractivity contribution >= 4 is 29.3 Å². The number of carbonyl (C=O) groups excluding carboxylic acids is 1. The fourth-order valence-electron chi connectivity index (χ4n) is 3.81. The summed E-state index contributed by atoms with van der Waals surface area (Å²) in [4.78, 5) is 34.0. The fourth-order valence-corrected chi connectivity index (χ4v) is 3.81. The number of nitro groups is 2. The Labute approximate surface area is 239 Å². The summed E-state index contributed by atoms with van der Waals surface area (Å²) in [6.45, 7) is 0. The zero-order valence-electron chi connectivity index (χ0n) is 21.8. The summed E-state index contributed by atoms with van der Waals surface area (Å²) in [5.41, 5.74) is 8.34. The molecule has 0 aliphatic rings. The van der Waals surface area contributed by atoms with E-state index < -0.39 is 27.1 Å². The zero-order valence-corrected chi connectivity index (χ0v) is 21.8. The number of nitrogens with two attached hydrogens (primary N) is 1. The Morgan fingerprint density at radius 3 is 2.47 bits per heavy atom. The third-order valence-corrected chi connectivity index (χ3v) is 5.77. The number of methoxy groups -OCH3 is 1. The molecule has 43 heavy (non-hydrogen) atoms. The molecule has 0 aliphatic heterocycles. The Morgan fingerprint density at radius 2 is 1.79 bits per heavy atom. The van der Waals surface area contributed by atoms with Crippen molar-refractivity contribution in [2.45, 2.75) is 0 Å². The number of hydrogen-bond donors (Lipinski definition) is 2. The number of nitrogens with one attached hydrogen (secondary N) is 1. The summed E-state index contributed by atoms with van der Waals surface area (Å²) in [5.74, 6) is -0.691. The van der Waals surface area contributed by atoms with E-state index in [2.05, 4.69) is 35.8 Å². The van der Waals surface area contributed by atoms with Crippen molar-refractivity contribution in [2.75, 3.05) is 12.8 Å². The second kappa shape index (κ2) is 11.8. The van der Waals surface area contributed by atoms with Crippen LogP contribution in [0.15, 0.2) is 76.5 Å². The van der Waals surface area contributed by atoms with Crippen LogP contribution in [0, 0.1) is 20.2 Å². The van der Waals surface area contributed by atoms with E-state index in [1.165, 1.54) is 36.2 Å². The van der Waals surface area contributed by atoms with E-state index in [9.17, 15) is 25.0 Å². The Hall–Kier alpha value is -6.72. The maximum Gasteiger partial charge on any atom is 0.318 e. The Bertz CT molecular complexity index is 1870. The van der Waals surface area contributed by atoms with Gasteiger partial charge in [0.1, 0.15) is 5.69 Å². The number of non-ortho nitro benzene ring substituents is 1. The molecule has 0 saturated heterocycles. The molecular formula is C25H18N10O8. The predicted octanol–water partition coefficient (Wildman–Crippen LogP) is 3.28. The third kappa shape index (κ3) is 5.77. The molecule has 18 nitrogen and oxygen atoms in total. The van der Waals surface area contributed by atoms with E-state index in [1.807, 2.05) is 0 Å². The summed E-state index contributed by atoms with van der Waals surface area (Å²) in [7, 11) is 1.35. The van der Waals surface area contributed by atoms with Crippen LogP contribution in [0.5, 0.6) is 17.2 Å². The molecule has 3 N–H and O–H groups in total. The van der Waals surface area contributed by atoms with Gasteiger partial charge in [-0.2, -0.15) is 9.78 Å². The molecule has 0 unspecified atom stereocenters. The number of nitrogen functional groups attached to an aromatic ring is 1. The first-order valence-electron chi connectivity index (χ1n) is 12.0. The van der Waals surface area contributed by atoms with E-state index in [-0.39, 0.29) is 40.3 Å². The first-order chi connectivity index (χ1) is 20.8. The molecule has 0 saturated carbocycles. The number of amides is 1. The van der Waals surface area contributed by atoms with Gasteiger partial charge in [0.05, 0.1) is 29.2 Å². The molecule has 216 valence electrons. The summed E-state index contributed by atoms with van der Waals surface area (Å²) in [5, 5.41) is 41.6. The Balaban J connectivity index is 1.36. The van der Waals surface area contributed by atoms with Crippen LogP contribution in [0.25, 0.3) is 17.1 Å². The van der Waals surface area contributed by atoms with Gasteiger partial charge < -0.3 is 15.2 Å². The number of rotatable bonds is 10. The molecule has 1 amide bonds. The van der Waals surface area contributed by atoms with Crippen molar-refractivity contribution in [3.05, 3.63) is 98.2 Å². The van der Waals surface area contributed by atoms with Crippen LogP contribution in [0.3, 0.4) is 0 Å². The topological polar surface area (TPSA) is 242 Å². The molecule has 5 aromatic rings. The highest BCUT2D eigenvalue weighted by Gasteiger charge is 2.25. The summed E-state index contributed by atoms with van der Waals surface area (Å²) >= 11 is 0. The average molecular weight is 586 g/mol. The third-order valence-electron chi connectivity index (χ3n) is 5.77. The lowest BCUT2D eigenvalue weighted by Gasteiger charge is -2.11. The van der Waals surface area contributed by atoms with Gasteiger partial charge in [-0.25, -0.2) is 10.1 Å². The van der Waals surface area contributed by atoms with Crippen molar-refractivity contribution in [3.63, 3.8) is 0 Å². The molecule has 0 spiro atoms. The van der Waals surface area contributed by atoms with Crippen molar-refractivity contribution in [2.24, 2.45) is 5.10 Å². The molecule has 3 aromatic carbocycles. The second-order valence-corrected chi connectivity index (χ2v) is 8.42. The molecular weight excluding hydrogens is 568 g/mol. The highest BCUT2D eigenvalue weighted by molar-refractivity contribution is 5.98. The average Bonchev–Trinajstić information content (AvgIpc) is 3.64. The van der Waals surface area contributed by atoms with Crippen LogP contribution in [-0.2, 0) is 0 Å². The number of nitro benzene ring substituents is 2. The number of carbonyl (C=O) groups is 1. The number of aromatic nitrogens is 5. The number of ether oxygens (including phenoxy) is 2. The number of hydrazone groups is 1. The standard InChI is InChI=1S/C25H18N10O8/c1-41-20-11-14(7-9-19(20)42-18-10-8-16(34(37)38)12-17(18)35(39)40)13-27-29-25(36)21-22(15-5-3-2-4-6-15)33(32-28-21)24-23(26)30-43-31-24/h2-13H,1H3,(H2,26,30)(H,29,36)/b27-13+. The van der Waals surface area contributed by atoms with Crippen LogP contribution in [0.2, 0.25) is 0 Å². The predicted molar refractivity (Wildman–Crippen MR) is 147 cm³/mol. The SMILES string of the molecule is COc1cc(/C=N/NC(=O)c2nnn(-c3nonc3N)c2-c2ccccc2)ccc1Oc1ccc([N+](=O)[O-])cc1[N+](=O)[O-]. The van der Waals surface area contributed by atoms with Gasteiger partial charge in [-0.1, -0.05) is 35.5 Å². The van der Waals surface area contributed by atoms with Gasteiger partial charge >= 0.3 is 5.69 Å². The highest BCUT2D eigenvalue weighted by atomic mass is 16.6. The quantitative estimate of drug-likeness (QED) is 0.136. The van der Waals surface area contributed by atoms with Crippen LogP contribution in [0.4, 0.5) is 17.2 Å². The van der Waals surface area contributed by atoms with Gasteiger partial charge in [-0.3, -0.25) is 25.0 Å². The van der Waals surface area contributed by atoms with Gasteiger partial charge in [-0.15, -0.1) is 5.10 Å². The van der Waals surface area contributed by atoms with Crippen LogP contribution >= 0.6 is 0 Å². The molecule has 0 bridgehead atoms. The van der Waals surface area contributed by atoms with Crippen LogP contribution in [-0.4, -0.2) is 54.4 Å². The van der Waals surface area contributed by atoms with E-state index in [0.717, 1.165) is 18.2 Å². The van der Waals surface area contributed by atoms with Gasteiger partial charge in [0.15, 0.2) is 17.2 Å². The minimum absolute atomic E-state index is 0.0439. The van der Waals surface area contributed by atoms with Crippen molar-refractivity contribution in [1.82, 2.24) is 30.7 Å². The van der Waals surface area contributed by atoms with Crippen molar-refractivity contribution < 1.29 is 28.7 Å². The molecule has 2 heterocycles. The summed E-state index contributed by atoms with van der Waals surface area (Å²) in [6.07, 6.45) is 1.31. The zero-order chi connectivity index (χ0) is 30.5. The number of anilines is 1. The van der Waals surface area contributed by atoms with E-state index in [4.69, 9.17) is 15.2 Å². The van der Waals surface area contributed by atoms with Crippen molar-refractivity contribution in [3.8, 4) is 34.3 Å². The number of nitrogens with zero attached hydrogens (tertiary/aromatic N) is 8. The van der Waals surface area contributed by atoms with Gasteiger partial charge in [-0.05, 0) is 40.1 Å². The minimum atomic E-state index is -0.794. The normalized spacial score (nSPS) is 10.9. The molecule has 0 aliphatic carbocycles. The number of hydrogen-bond acceptors (Lipinski definition) is 14. The van der Waals surface area contributed by atoms with E-state index in [1.54, 1.807) is 30.3 Å². The van der Waals surface area contributed by atoms with Crippen molar-refractivity contribution in [1.29, 1.82) is 0 Å². The second-order valence-electron chi connectivity index (χ2n) is 8.42. The highest BCUT2D eigenvalue weighted by Crippen LogP contribution is 2.38. The first kappa shape index (κ1) is 27.8. The maximum atomic E-state index is 13.1. The number of benzene rings is 3. The first-order valence-corrected chi connectivity index (χ1v) is 12.0. The van der Waals surface area contributed by atoms with Gasteiger partial charge in [0.25, 0.3) is 11.6 Å². The smallest absolute Gasteiger partial charge is 0.318 e. The fraction of sp³-hybridized carbons (Fsp3) is 0.0400. The maximum absolute atomic E-state index is 13.1. The molecule has 2 aromatic heterocycles. The summed E-state index contributed by atoms with van der Waals surface area (Å²) in [6, 6.07) is 16.3. The molecule has 5 rings (SSSR count). The molecule has 0 fully saturated rings. The molecule has 0 atom stereocenters. The van der Waals surface area contributed by atoms with Gasteiger partial charge in [0.2, 0.25) is 17.4 Å². The minimum Gasteiger partial charge on any atom is -0.493 e. The molecule has 18 heteroatoms. The summed E-state index contributed by atoms with van der Waals surface area (Å²) < 4.78 is 16.8. The van der Waals surface area contributed by atoms with Crippen LogP contribution < -0.4 is 20.6 Å². The van der Waals surface area contributed by atoms with Gasteiger partial charge in [0, 0.05) is 11.6 Å². The lowest BCUT2D eigenvalue weighted by atomic mass is 10.1. The van der Waals surface area contributed by atoms with Crippen LogP contribution in [0.1, 0.15) is 16.1 Å². The van der Waals surface area contributed by atoms with E-state index >= 15 is 0 Å². The van der Waals surface area contributed by atoms with E-state index in [0.29, 0.717) is 11.1 Å². The Kier molecular flexibility index (Phi) is 7.64. The lowest BCUT2D eigenvalue weighted by Crippen LogP contribution is -2.19. The monoisotopic (exact) mass is 586 g/mol. The lowest BCUT2D eigenvalue weighted by molar-refractivity contribution is -0.394. The molecule has 0 radical (unpaired) electrons. The largest absolute Gasteiger partial charge is 0.493 e.